The number of carbonyl (C=O) groups is 5. The van der Waals surface area contributed by atoms with E-state index >= 15 is 0 Å². The van der Waals surface area contributed by atoms with E-state index in [1.54, 1.807) is 17.8 Å². The summed E-state index contributed by atoms with van der Waals surface area (Å²) in [5, 5.41) is 12.2. The van der Waals surface area contributed by atoms with Gasteiger partial charge in [-0.1, -0.05) is 11.6 Å². The van der Waals surface area contributed by atoms with E-state index in [1.807, 2.05) is 0 Å². The maximum atomic E-state index is 13.2. The Labute approximate surface area is 204 Å². The Morgan fingerprint density at radius 2 is 2.06 bits per heavy atom. The van der Waals surface area contributed by atoms with Crippen LogP contribution in [0.5, 0.6) is 0 Å². The number of halogens is 1. The van der Waals surface area contributed by atoms with Crippen molar-refractivity contribution >= 4 is 58.0 Å². The third kappa shape index (κ3) is 5.97. The standard InChI is InChI=1S/C22H24ClN5O5S/c1-11(17-9-34-10-26-17)19(30)27-15-4-3-13(23)8-14(15)21(32)28-16(18(29)22(33)24-2)7-12-5-6-25-20(12)31/h3-4,8-12,16H,5-7H2,1-2H3,(H,24,33)(H,25,31)(H,27,30)(H,28,32)/t11?,12-,16?/m0/s1. The molecule has 4 amide bonds. The summed E-state index contributed by atoms with van der Waals surface area (Å²) in [6.07, 6.45) is 0.451. The predicted octanol–water partition coefficient (Wildman–Crippen LogP) is 1.48. The lowest BCUT2D eigenvalue weighted by molar-refractivity contribution is -0.139. The van der Waals surface area contributed by atoms with Gasteiger partial charge in [-0.15, -0.1) is 11.3 Å². The molecule has 0 bridgehead atoms. The molecule has 2 aromatic rings. The summed E-state index contributed by atoms with van der Waals surface area (Å²) in [5.74, 6) is -4.20. The first-order valence-electron chi connectivity index (χ1n) is 10.5. The molecule has 4 N–H and O–H groups in total. The van der Waals surface area contributed by atoms with Crippen LogP contribution in [0.1, 0.15) is 41.7 Å². The highest BCUT2D eigenvalue weighted by atomic mass is 35.5. The van der Waals surface area contributed by atoms with E-state index in [-0.39, 0.29) is 34.5 Å². The van der Waals surface area contributed by atoms with Crippen LogP contribution in [0.2, 0.25) is 5.02 Å². The largest absolute Gasteiger partial charge is 0.356 e. The van der Waals surface area contributed by atoms with Gasteiger partial charge in [-0.25, -0.2) is 4.98 Å². The molecule has 1 aliphatic rings. The van der Waals surface area contributed by atoms with Crippen LogP contribution in [0, 0.1) is 5.92 Å². The summed E-state index contributed by atoms with van der Waals surface area (Å²) in [4.78, 5) is 66.6. The minimum absolute atomic E-state index is 0.0110. The minimum atomic E-state index is -1.24. The van der Waals surface area contributed by atoms with E-state index in [2.05, 4.69) is 26.3 Å². The van der Waals surface area contributed by atoms with Crippen molar-refractivity contribution in [2.75, 3.05) is 18.9 Å². The molecule has 0 spiro atoms. The summed E-state index contributed by atoms with van der Waals surface area (Å²) in [5.41, 5.74) is 2.40. The van der Waals surface area contributed by atoms with Gasteiger partial charge >= 0.3 is 0 Å². The van der Waals surface area contributed by atoms with Crippen molar-refractivity contribution < 1.29 is 24.0 Å². The molecule has 180 valence electrons. The van der Waals surface area contributed by atoms with Gasteiger partial charge in [0.15, 0.2) is 0 Å². The van der Waals surface area contributed by atoms with Gasteiger partial charge in [0, 0.05) is 29.9 Å². The first-order chi connectivity index (χ1) is 16.2. The van der Waals surface area contributed by atoms with Gasteiger partial charge in [0.05, 0.1) is 34.4 Å². The molecule has 3 atom stereocenters. The van der Waals surface area contributed by atoms with Crippen molar-refractivity contribution in [3.8, 4) is 0 Å². The molecule has 10 nitrogen and oxygen atoms in total. The number of Topliss-reactive ketones (excluding diaryl/α,β-unsaturated/α-hetero) is 1. The molecule has 3 rings (SSSR count). The number of amides is 4. The number of nitrogens with zero attached hydrogens (tertiary/aromatic N) is 1. The Bertz CT molecular complexity index is 1110. The topological polar surface area (TPSA) is 146 Å². The second-order valence-electron chi connectivity index (χ2n) is 7.80. The van der Waals surface area contributed by atoms with Gasteiger partial charge in [0.25, 0.3) is 11.8 Å². The van der Waals surface area contributed by atoms with Crippen LogP contribution in [0.15, 0.2) is 29.1 Å². The molecular formula is C22H24ClN5O5S. The quantitative estimate of drug-likeness (QED) is 0.380. The van der Waals surface area contributed by atoms with Crippen LogP contribution < -0.4 is 21.3 Å². The molecule has 1 aromatic carbocycles. The van der Waals surface area contributed by atoms with Crippen LogP contribution >= 0.6 is 22.9 Å². The molecule has 12 heteroatoms. The molecule has 2 unspecified atom stereocenters. The maximum absolute atomic E-state index is 13.2. The van der Waals surface area contributed by atoms with Crippen LogP contribution in [-0.2, 0) is 19.2 Å². The highest BCUT2D eigenvalue weighted by molar-refractivity contribution is 7.07. The number of rotatable bonds is 9. The fourth-order valence-electron chi connectivity index (χ4n) is 3.53. The van der Waals surface area contributed by atoms with Gasteiger partial charge < -0.3 is 21.3 Å². The van der Waals surface area contributed by atoms with Gasteiger partial charge in [0.1, 0.15) is 0 Å². The van der Waals surface area contributed by atoms with Gasteiger partial charge in [-0.05, 0) is 38.0 Å². The minimum Gasteiger partial charge on any atom is -0.356 e. The summed E-state index contributed by atoms with van der Waals surface area (Å²) in [6, 6.07) is 3.10. The smallest absolute Gasteiger partial charge is 0.289 e. The van der Waals surface area contributed by atoms with Crippen molar-refractivity contribution in [2.24, 2.45) is 5.92 Å². The third-order valence-corrected chi connectivity index (χ3v) is 6.37. The number of anilines is 1. The lowest BCUT2D eigenvalue weighted by Crippen LogP contribution is -2.48. The number of hydrogen-bond acceptors (Lipinski definition) is 7. The molecule has 2 heterocycles. The number of hydrogen-bond donors (Lipinski definition) is 4. The van der Waals surface area contributed by atoms with Crippen molar-refractivity contribution in [3.05, 3.63) is 45.4 Å². The number of thiazole rings is 1. The van der Waals surface area contributed by atoms with Crippen LogP contribution in [-0.4, -0.2) is 54.0 Å². The van der Waals surface area contributed by atoms with E-state index in [4.69, 9.17) is 11.6 Å². The molecule has 1 fully saturated rings. The van der Waals surface area contributed by atoms with E-state index < -0.39 is 35.5 Å². The summed E-state index contributed by atoms with van der Waals surface area (Å²) in [7, 11) is 1.30. The van der Waals surface area contributed by atoms with Gasteiger partial charge in [-0.3, -0.25) is 24.0 Å². The highest BCUT2D eigenvalue weighted by Gasteiger charge is 2.34. The Hall–Kier alpha value is -3.31. The van der Waals surface area contributed by atoms with Crippen molar-refractivity contribution in [3.63, 3.8) is 0 Å². The molecule has 0 radical (unpaired) electrons. The average molecular weight is 506 g/mol. The summed E-state index contributed by atoms with van der Waals surface area (Å²) < 4.78 is 0. The maximum Gasteiger partial charge on any atom is 0.289 e. The lowest BCUT2D eigenvalue weighted by atomic mass is 9.95. The van der Waals surface area contributed by atoms with E-state index in [1.165, 1.54) is 36.6 Å². The van der Waals surface area contributed by atoms with Crippen molar-refractivity contribution in [1.29, 1.82) is 0 Å². The fourth-order valence-corrected chi connectivity index (χ4v) is 4.35. The number of benzene rings is 1. The number of aromatic nitrogens is 1. The molecular weight excluding hydrogens is 482 g/mol. The molecule has 0 aliphatic carbocycles. The monoisotopic (exact) mass is 505 g/mol. The summed E-state index contributed by atoms with van der Waals surface area (Å²) in [6.45, 7) is 2.14. The number of nitrogens with one attached hydrogen (secondary N) is 4. The van der Waals surface area contributed by atoms with Gasteiger partial charge in [-0.2, -0.15) is 0 Å². The lowest BCUT2D eigenvalue weighted by Gasteiger charge is -2.20. The van der Waals surface area contributed by atoms with Crippen LogP contribution in [0.4, 0.5) is 5.69 Å². The zero-order valence-corrected chi connectivity index (χ0v) is 20.1. The average Bonchev–Trinajstić information content (AvgIpc) is 3.50. The molecule has 1 aliphatic heterocycles. The second kappa shape index (κ2) is 11.2. The summed E-state index contributed by atoms with van der Waals surface area (Å²) >= 11 is 7.45. The second-order valence-corrected chi connectivity index (χ2v) is 8.95. The molecule has 1 aromatic heterocycles. The zero-order valence-electron chi connectivity index (χ0n) is 18.5. The normalized spacial score (nSPS) is 16.8. The van der Waals surface area contributed by atoms with Gasteiger partial charge in [0.2, 0.25) is 17.6 Å². The first-order valence-corrected chi connectivity index (χ1v) is 11.9. The Morgan fingerprint density at radius 1 is 1.29 bits per heavy atom. The predicted molar refractivity (Wildman–Crippen MR) is 127 cm³/mol. The number of likely N-dealkylation sites (N-methyl/N-ethyl adjacent to an activating group) is 1. The van der Waals surface area contributed by atoms with Crippen LogP contribution in [0.25, 0.3) is 0 Å². The third-order valence-electron chi connectivity index (χ3n) is 5.53. The number of carbonyl (C=O) groups excluding carboxylic acids is 5. The van der Waals surface area contributed by atoms with E-state index in [9.17, 15) is 24.0 Å². The molecule has 0 saturated carbocycles. The Balaban J connectivity index is 1.82. The number of ketones is 1. The Morgan fingerprint density at radius 3 is 2.68 bits per heavy atom. The van der Waals surface area contributed by atoms with E-state index in [0.29, 0.717) is 18.7 Å². The van der Waals surface area contributed by atoms with Crippen molar-refractivity contribution in [2.45, 2.75) is 31.7 Å². The first kappa shape index (κ1) is 25.3. The zero-order chi connectivity index (χ0) is 24.8. The fraction of sp³-hybridized carbons (Fsp3) is 0.364. The highest BCUT2D eigenvalue weighted by Crippen LogP contribution is 2.24. The van der Waals surface area contributed by atoms with Crippen LogP contribution in [0.3, 0.4) is 0 Å². The molecule has 1 saturated heterocycles. The molecule has 34 heavy (non-hydrogen) atoms. The van der Waals surface area contributed by atoms with Crippen molar-refractivity contribution in [1.82, 2.24) is 20.9 Å². The Kier molecular flexibility index (Phi) is 8.35. The SMILES string of the molecule is CNC(=O)C(=O)C(C[C@@H]1CCNC1=O)NC(=O)c1cc(Cl)ccc1NC(=O)C(C)c1cscn1. The van der Waals surface area contributed by atoms with E-state index in [0.717, 1.165) is 0 Å².